The molecule has 0 radical (unpaired) electrons. The number of rotatable bonds is 4. The van der Waals surface area contributed by atoms with Crippen LogP contribution in [0.25, 0.3) is 0 Å². The molecule has 5 heteroatoms. The van der Waals surface area contributed by atoms with E-state index in [9.17, 15) is 9.59 Å². The lowest BCUT2D eigenvalue weighted by Gasteiger charge is -2.29. The number of carbonyl (C=O) groups excluding carboxylic acids is 2. The molecule has 1 aromatic rings. The van der Waals surface area contributed by atoms with Crippen molar-refractivity contribution in [2.75, 3.05) is 24.6 Å². The second-order valence-electron chi connectivity index (χ2n) is 4.32. The third-order valence-electron chi connectivity index (χ3n) is 3.07. The molecule has 0 spiro atoms. The molecule has 0 atom stereocenters. The SMILES string of the molecule is CCOC(=O)NCCN1C(=O)CCc2ccccc21. The number of benzene rings is 1. The first-order valence-corrected chi connectivity index (χ1v) is 6.51. The summed E-state index contributed by atoms with van der Waals surface area (Å²) in [4.78, 5) is 24.8. The molecule has 2 amide bonds. The first-order chi connectivity index (χ1) is 9.22. The molecule has 0 saturated heterocycles. The minimum atomic E-state index is -0.444. The number of ether oxygens (including phenoxy) is 1. The van der Waals surface area contributed by atoms with E-state index in [-0.39, 0.29) is 5.91 Å². The van der Waals surface area contributed by atoms with Crippen molar-refractivity contribution >= 4 is 17.7 Å². The normalized spacial score (nSPS) is 13.9. The van der Waals surface area contributed by atoms with Gasteiger partial charge in [-0.05, 0) is 25.0 Å². The number of nitrogens with zero attached hydrogens (tertiary/aromatic N) is 1. The van der Waals surface area contributed by atoms with Crippen LogP contribution in [0.1, 0.15) is 18.9 Å². The number of nitrogens with one attached hydrogen (secondary N) is 1. The Bertz CT molecular complexity index is 474. The topological polar surface area (TPSA) is 58.6 Å². The van der Waals surface area contributed by atoms with E-state index < -0.39 is 6.09 Å². The van der Waals surface area contributed by atoms with Crippen LogP contribution in [0.4, 0.5) is 10.5 Å². The van der Waals surface area contributed by atoms with Gasteiger partial charge < -0.3 is 15.0 Å². The maximum atomic E-state index is 11.9. The van der Waals surface area contributed by atoms with E-state index in [0.29, 0.717) is 26.1 Å². The Kier molecular flexibility index (Phi) is 4.39. The van der Waals surface area contributed by atoms with Crippen LogP contribution in [-0.4, -0.2) is 31.7 Å². The van der Waals surface area contributed by atoms with Gasteiger partial charge in [0.1, 0.15) is 0 Å². The summed E-state index contributed by atoms with van der Waals surface area (Å²) in [6.07, 6.45) is 0.869. The second-order valence-corrected chi connectivity index (χ2v) is 4.32. The van der Waals surface area contributed by atoms with Crippen molar-refractivity contribution in [3.05, 3.63) is 29.8 Å². The quantitative estimate of drug-likeness (QED) is 0.898. The highest BCUT2D eigenvalue weighted by Crippen LogP contribution is 2.26. The Morgan fingerprint density at radius 3 is 2.95 bits per heavy atom. The number of amides is 2. The lowest BCUT2D eigenvalue weighted by Crippen LogP contribution is -2.41. The lowest BCUT2D eigenvalue weighted by atomic mass is 10.0. The van der Waals surface area contributed by atoms with Crippen LogP contribution in [0, 0.1) is 0 Å². The predicted molar refractivity (Wildman–Crippen MR) is 72.1 cm³/mol. The van der Waals surface area contributed by atoms with E-state index in [4.69, 9.17) is 4.74 Å². The molecule has 0 aromatic heterocycles. The number of alkyl carbamates (subject to hydrolysis) is 1. The molecule has 102 valence electrons. The highest BCUT2D eigenvalue weighted by atomic mass is 16.5. The maximum Gasteiger partial charge on any atom is 0.407 e. The molecule has 1 N–H and O–H groups in total. The van der Waals surface area contributed by atoms with Crippen LogP contribution in [-0.2, 0) is 16.0 Å². The average Bonchev–Trinajstić information content (AvgIpc) is 2.41. The van der Waals surface area contributed by atoms with Crippen molar-refractivity contribution in [3.8, 4) is 0 Å². The van der Waals surface area contributed by atoms with E-state index in [1.54, 1.807) is 11.8 Å². The zero-order valence-corrected chi connectivity index (χ0v) is 11.0. The van der Waals surface area contributed by atoms with Crippen LogP contribution in [0.2, 0.25) is 0 Å². The number of hydrogen-bond acceptors (Lipinski definition) is 3. The van der Waals surface area contributed by atoms with Gasteiger partial charge in [0, 0.05) is 25.2 Å². The number of anilines is 1. The van der Waals surface area contributed by atoms with Gasteiger partial charge in [0.05, 0.1) is 6.61 Å². The van der Waals surface area contributed by atoms with Gasteiger partial charge in [0.15, 0.2) is 0 Å². The molecule has 19 heavy (non-hydrogen) atoms. The van der Waals surface area contributed by atoms with Gasteiger partial charge in [-0.15, -0.1) is 0 Å². The van der Waals surface area contributed by atoms with Gasteiger partial charge in [-0.3, -0.25) is 4.79 Å². The maximum absolute atomic E-state index is 11.9. The summed E-state index contributed by atoms with van der Waals surface area (Å²) in [5.74, 6) is 0.101. The standard InChI is InChI=1S/C14H18N2O3/c1-2-19-14(18)15-9-10-16-12-6-4-3-5-11(12)7-8-13(16)17/h3-6H,2,7-10H2,1H3,(H,15,18). The molecule has 1 heterocycles. The van der Waals surface area contributed by atoms with Crippen molar-refractivity contribution in [3.63, 3.8) is 0 Å². The van der Waals surface area contributed by atoms with Crippen molar-refractivity contribution < 1.29 is 14.3 Å². The van der Waals surface area contributed by atoms with E-state index in [1.807, 2.05) is 24.3 Å². The van der Waals surface area contributed by atoms with E-state index in [2.05, 4.69) is 5.32 Å². The fourth-order valence-electron chi connectivity index (χ4n) is 2.19. The highest BCUT2D eigenvalue weighted by Gasteiger charge is 2.23. The average molecular weight is 262 g/mol. The van der Waals surface area contributed by atoms with Gasteiger partial charge in [-0.1, -0.05) is 18.2 Å². The van der Waals surface area contributed by atoms with Crippen LogP contribution >= 0.6 is 0 Å². The van der Waals surface area contributed by atoms with Crippen molar-refractivity contribution in [2.24, 2.45) is 0 Å². The molecular formula is C14H18N2O3. The molecule has 0 aliphatic carbocycles. The van der Waals surface area contributed by atoms with E-state index in [0.717, 1.165) is 12.1 Å². The number of hydrogen-bond donors (Lipinski definition) is 1. The summed E-state index contributed by atoms with van der Waals surface area (Å²) < 4.78 is 4.77. The number of carbonyl (C=O) groups is 2. The summed E-state index contributed by atoms with van der Waals surface area (Å²) in [6, 6.07) is 7.87. The molecular weight excluding hydrogens is 244 g/mol. The van der Waals surface area contributed by atoms with Crippen LogP contribution < -0.4 is 10.2 Å². The zero-order chi connectivity index (χ0) is 13.7. The van der Waals surface area contributed by atoms with Gasteiger partial charge in [0.25, 0.3) is 0 Å². The third kappa shape index (κ3) is 3.24. The van der Waals surface area contributed by atoms with Gasteiger partial charge in [-0.2, -0.15) is 0 Å². The number of para-hydroxylation sites is 1. The van der Waals surface area contributed by atoms with Gasteiger partial charge >= 0.3 is 6.09 Å². The predicted octanol–water partition coefficient (Wildman–Crippen LogP) is 1.71. The Labute approximate surface area is 112 Å². The smallest absolute Gasteiger partial charge is 0.407 e. The molecule has 0 bridgehead atoms. The molecule has 5 nitrogen and oxygen atoms in total. The monoisotopic (exact) mass is 262 g/mol. The second kappa shape index (κ2) is 6.22. The molecule has 2 rings (SSSR count). The Hall–Kier alpha value is -2.04. The van der Waals surface area contributed by atoms with Crippen LogP contribution in [0.3, 0.4) is 0 Å². The first-order valence-electron chi connectivity index (χ1n) is 6.51. The highest BCUT2D eigenvalue weighted by molar-refractivity contribution is 5.96. The van der Waals surface area contributed by atoms with Gasteiger partial charge in [0.2, 0.25) is 5.91 Å². The summed E-state index contributed by atoms with van der Waals surface area (Å²) in [5.41, 5.74) is 2.13. The molecule has 0 fully saturated rings. The van der Waals surface area contributed by atoms with Crippen LogP contribution in [0.5, 0.6) is 0 Å². The van der Waals surface area contributed by atoms with E-state index >= 15 is 0 Å². The fourth-order valence-corrected chi connectivity index (χ4v) is 2.19. The zero-order valence-electron chi connectivity index (χ0n) is 11.0. The Morgan fingerprint density at radius 2 is 2.16 bits per heavy atom. The van der Waals surface area contributed by atoms with Crippen molar-refractivity contribution in [2.45, 2.75) is 19.8 Å². The Morgan fingerprint density at radius 1 is 1.37 bits per heavy atom. The summed E-state index contributed by atoms with van der Waals surface area (Å²) in [5, 5.41) is 2.63. The minimum Gasteiger partial charge on any atom is -0.450 e. The Balaban J connectivity index is 1.96. The van der Waals surface area contributed by atoms with Crippen molar-refractivity contribution in [1.29, 1.82) is 0 Å². The molecule has 1 aliphatic rings. The third-order valence-corrected chi connectivity index (χ3v) is 3.07. The molecule has 1 aromatic carbocycles. The van der Waals surface area contributed by atoms with E-state index in [1.165, 1.54) is 5.56 Å². The lowest BCUT2D eigenvalue weighted by molar-refractivity contribution is -0.118. The number of aryl methyl sites for hydroxylation is 1. The van der Waals surface area contributed by atoms with Crippen molar-refractivity contribution in [1.82, 2.24) is 5.32 Å². The summed E-state index contributed by atoms with van der Waals surface area (Å²) in [6.45, 7) is 2.95. The molecule has 0 saturated carbocycles. The van der Waals surface area contributed by atoms with Crippen LogP contribution in [0.15, 0.2) is 24.3 Å². The van der Waals surface area contributed by atoms with Gasteiger partial charge in [-0.25, -0.2) is 4.79 Å². The summed E-state index contributed by atoms with van der Waals surface area (Å²) in [7, 11) is 0. The molecule has 0 unspecified atom stereocenters. The largest absolute Gasteiger partial charge is 0.450 e. The number of fused-ring (bicyclic) bond motifs is 1. The fraction of sp³-hybridized carbons (Fsp3) is 0.429. The summed E-state index contributed by atoms with van der Waals surface area (Å²) >= 11 is 0. The first kappa shape index (κ1) is 13.4. The minimum absolute atomic E-state index is 0.101. The molecule has 1 aliphatic heterocycles.